The number of nitrogen functional groups attached to an aromatic ring is 1. The number of likely N-dealkylation sites (tertiary alicyclic amines) is 1. The number of nitrogens with one attached hydrogen (secondary N) is 1. The smallest absolute Gasteiger partial charge is 0.278 e. The number of hydrogen-bond donors (Lipinski definition) is 2. The van der Waals surface area contributed by atoms with Gasteiger partial charge in [0.15, 0.2) is 11.5 Å². The number of carbonyl (C=O) groups excluding carboxylic acids is 1. The van der Waals surface area contributed by atoms with E-state index in [2.05, 4.69) is 25.2 Å². The third-order valence-corrected chi connectivity index (χ3v) is 9.35. The largest absolute Gasteiger partial charge is 0.382 e. The summed E-state index contributed by atoms with van der Waals surface area (Å²) in [5.41, 5.74) is 6.50. The van der Waals surface area contributed by atoms with Crippen LogP contribution >= 0.6 is 12.4 Å². The summed E-state index contributed by atoms with van der Waals surface area (Å²) in [4.78, 5) is 27.0. The van der Waals surface area contributed by atoms with E-state index in [9.17, 15) is 13.2 Å². The summed E-state index contributed by atoms with van der Waals surface area (Å²) in [5, 5.41) is 2.69. The van der Waals surface area contributed by atoms with Gasteiger partial charge in [0.25, 0.3) is 5.91 Å². The maximum Gasteiger partial charge on any atom is 0.278 e. The number of pyridine rings is 1. The van der Waals surface area contributed by atoms with Crippen LogP contribution in [0.2, 0.25) is 0 Å². The lowest BCUT2D eigenvalue weighted by Gasteiger charge is -2.26. The Bertz CT molecular complexity index is 1530. The molecule has 226 valence electrons. The lowest BCUT2D eigenvalue weighted by Crippen LogP contribution is -2.36. The number of benzene rings is 1. The highest BCUT2D eigenvalue weighted by Crippen LogP contribution is 2.30. The molecule has 14 heteroatoms. The van der Waals surface area contributed by atoms with Crippen LogP contribution in [-0.2, 0) is 16.4 Å². The van der Waals surface area contributed by atoms with Crippen LogP contribution in [-0.4, -0.2) is 71.2 Å². The van der Waals surface area contributed by atoms with Crippen molar-refractivity contribution in [3.8, 4) is 11.3 Å². The first-order valence-electron chi connectivity index (χ1n) is 13.8. The number of halogens is 3. The first-order valence-corrected chi connectivity index (χ1v) is 15.3. The van der Waals surface area contributed by atoms with Crippen LogP contribution in [0.25, 0.3) is 11.3 Å². The standard InChI is InChI=1S/C28H33F2N7O3S.ClH/c29-22-15-25(41(39,40)37-11-2-1-3-12-37)23(30)14-21(22)24-18-33-27(31)26(35-24)28(38)34-20-13-19(16-32-17-20)7-6-10-36-8-4-5-9-36;/h13-18H,1-12H2,(H2,31,33)(H,34,38);1H. The van der Waals surface area contributed by atoms with E-state index in [1.807, 2.05) is 6.07 Å². The zero-order valence-corrected chi connectivity index (χ0v) is 24.7. The van der Waals surface area contributed by atoms with Crippen molar-refractivity contribution in [2.24, 2.45) is 0 Å². The van der Waals surface area contributed by atoms with Crippen molar-refractivity contribution in [3.05, 3.63) is 59.7 Å². The average molecular weight is 622 g/mol. The Morgan fingerprint density at radius 2 is 1.67 bits per heavy atom. The van der Waals surface area contributed by atoms with Crippen molar-refractivity contribution in [3.63, 3.8) is 0 Å². The second-order valence-electron chi connectivity index (χ2n) is 10.4. The van der Waals surface area contributed by atoms with E-state index >= 15 is 8.78 Å². The van der Waals surface area contributed by atoms with Crippen molar-refractivity contribution in [1.82, 2.24) is 24.2 Å². The fourth-order valence-corrected chi connectivity index (χ4v) is 6.83. The van der Waals surface area contributed by atoms with E-state index in [1.165, 1.54) is 19.0 Å². The van der Waals surface area contributed by atoms with Gasteiger partial charge in [0.1, 0.15) is 16.5 Å². The Labute approximate surface area is 250 Å². The van der Waals surface area contributed by atoms with Gasteiger partial charge < -0.3 is 16.0 Å². The van der Waals surface area contributed by atoms with Gasteiger partial charge in [0.05, 0.1) is 23.8 Å². The molecule has 5 rings (SSSR count). The van der Waals surface area contributed by atoms with Crippen LogP contribution < -0.4 is 11.1 Å². The van der Waals surface area contributed by atoms with Crippen LogP contribution in [0.1, 0.15) is 54.6 Å². The predicted molar refractivity (Wildman–Crippen MR) is 158 cm³/mol. The fourth-order valence-electron chi connectivity index (χ4n) is 5.26. The van der Waals surface area contributed by atoms with Gasteiger partial charge in [-0.05, 0) is 81.9 Å². The molecule has 2 fully saturated rings. The SMILES string of the molecule is Cl.Nc1ncc(-c2cc(F)c(S(=O)(=O)N3CCCCC3)cc2F)nc1C(=O)Nc1cncc(CCCN2CCCC2)c1. The molecule has 2 aromatic heterocycles. The number of nitrogens with zero attached hydrogens (tertiary/aromatic N) is 5. The monoisotopic (exact) mass is 621 g/mol. The van der Waals surface area contributed by atoms with Crippen LogP contribution in [0.5, 0.6) is 0 Å². The van der Waals surface area contributed by atoms with Gasteiger partial charge in [-0.15, -0.1) is 12.4 Å². The molecule has 0 saturated carbocycles. The van der Waals surface area contributed by atoms with Gasteiger partial charge in [-0.25, -0.2) is 27.2 Å². The molecular formula is C28H34ClF2N7O3S. The molecule has 0 atom stereocenters. The van der Waals surface area contributed by atoms with E-state index in [0.29, 0.717) is 24.6 Å². The number of carbonyl (C=O) groups is 1. The van der Waals surface area contributed by atoms with Crippen molar-refractivity contribution in [2.75, 3.05) is 43.8 Å². The molecule has 0 spiro atoms. The Kier molecular flexibility index (Phi) is 10.4. The number of nitrogens with two attached hydrogens (primary N) is 1. The van der Waals surface area contributed by atoms with Crippen LogP contribution in [0, 0.1) is 11.6 Å². The van der Waals surface area contributed by atoms with Crippen LogP contribution in [0.4, 0.5) is 20.3 Å². The molecule has 2 saturated heterocycles. The van der Waals surface area contributed by atoms with E-state index in [1.54, 1.807) is 6.20 Å². The molecule has 0 radical (unpaired) electrons. The predicted octanol–water partition coefficient (Wildman–Crippen LogP) is 4.28. The second-order valence-corrected chi connectivity index (χ2v) is 12.3. The molecule has 2 aliphatic heterocycles. The number of aryl methyl sites for hydroxylation is 1. The maximum atomic E-state index is 15.2. The molecule has 42 heavy (non-hydrogen) atoms. The zero-order chi connectivity index (χ0) is 29.0. The Morgan fingerprint density at radius 1 is 0.952 bits per heavy atom. The third kappa shape index (κ3) is 7.20. The molecule has 2 aliphatic rings. The summed E-state index contributed by atoms with van der Waals surface area (Å²) in [7, 11) is -4.20. The minimum Gasteiger partial charge on any atom is -0.382 e. The summed E-state index contributed by atoms with van der Waals surface area (Å²) in [6, 6.07) is 3.22. The van der Waals surface area contributed by atoms with Crippen molar-refractivity contribution in [1.29, 1.82) is 0 Å². The van der Waals surface area contributed by atoms with E-state index in [-0.39, 0.29) is 48.3 Å². The van der Waals surface area contributed by atoms with E-state index in [4.69, 9.17) is 5.73 Å². The molecule has 0 unspecified atom stereocenters. The van der Waals surface area contributed by atoms with E-state index < -0.39 is 32.5 Å². The molecule has 3 N–H and O–H groups in total. The normalized spacial score (nSPS) is 16.2. The Balaban J connectivity index is 0.00000405. The summed E-state index contributed by atoms with van der Waals surface area (Å²) in [6.45, 7) is 3.79. The van der Waals surface area contributed by atoms with Gasteiger partial charge in [-0.3, -0.25) is 9.78 Å². The molecular weight excluding hydrogens is 588 g/mol. The maximum absolute atomic E-state index is 15.2. The number of hydrogen-bond acceptors (Lipinski definition) is 8. The minimum absolute atomic E-state index is 0. The number of piperidine rings is 1. The van der Waals surface area contributed by atoms with Crippen LogP contribution in [0.3, 0.4) is 0 Å². The zero-order valence-electron chi connectivity index (χ0n) is 23.1. The van der Waals surface area contributed by atoms with Crippen molar-refractivity contribution in [2.45, 2.75) is 49.8 Å². The number of sulfonamides is 1. The molecule has 1 aromatic carbocycles. The summed E-state index contributed by atoms with van der Waals surface area (Å²) >= 11 is 0. The molecule has 10 nitrogen and oxygen atoms in total. The van der Waals surface area contributed by atoms with Gasteiger partial charge in [-0.1, -0.05) is 6.42 Å². The highest BCUT2D eigenvalue weighted by atomic mass is 35.5. The average Bonchev–Trinajstić information content (AvgIpc) is 3.48. The lowest BCUT2D eigenvalue weighted by molar-refractivity contribution is 0.102. The summed E-state index contributed by atoms with van der Waals surface area (Å²) in [6.07, 6.45) is 10.8. The highest BCUT2D eigenvalue weighted by molar-refractivity contribution is 7.89. The van der Waals surface area contributed by atoms with Gasteiger partial charge in [0.2, 0.25) is 10.0 Å². The fraction of sp³-hybridized carbons (Fsp3) is 0.429. The molecule has 1 amide bonds. The number of aromatic nitrogens is 3. The highest BCUT2D eigenvalue weighted by Gasteiger charge is 2.30. The molecule has 3 aromatic rings. The van der Waals surface area contributed by atoms with Gasteiger partial charge >= 0.3 is 0 Å². The third-order valence-electron chi connectivity index (χ3n) is 7.44. The van der Waals surface area contributed by atoms with Gasteiger partial charge in [-0.2, -0.15) is 4.31 Å². The minimum atomic E-state index is -4.20. The first-order chi connectivity index (χ1) is 19.7. The van der Waals surface area contributed by atoms with Gasteiger partial charge in [0, 0.05) is 24.8 Å². The summed E-state index contributed by atoms with van der Waals surface area (Å²) in [5.74, 6) is -3.04. The number of anilines is 2. The quantitative estimate of drug-likeness (QED) is 0.362. The second kappa shape index (κ2) is 13.8. The lowest BCUT2D eigenvalue weighted by atomic mass is 10.1. The van der Waals surface area contributed by atoms with Crippen molar-refractivity contribution < 1.29 is 22.0 Å². The first kappa shape index (κ1) is 31.7. The number of amides is 1. The van der Waals surface area contributed by atoms with E-state index in [0.717, 1.165) is 61.0 Å². The molecule has 0 aliphatic carbocycles. The summed E-state index contributed by atoms with van der Waals surface area (Å²) < 4.78 is 57.3. The van der Waals surface area contributed by atoms with Crippen LogP contribution in [0.15, 0.2) is 41.7 Å². The molecule has 0 bridgehead atoms. The van der Waals surface area contributed by atoms with Crippen molar-refractivity contribution >= 4 is 39.8 Å². The Hall–Kier alpha value is -3.26. The molecule has 4 heterocycles. The Morgan fingerprint density at radius 3 is 2.40 bits per heavy atom. The number of rotatable bonds is 9. The topological polar surface area (TPSA) is 134 Å².